The summed E-state index contributed by atoms with van der Waals surface area (Å²) in [6.45, 7) is 4.17. The van der Waals surface area contributed by atoms with Gasteiger partial charge in [-0.1, -0.05) is 6.07 Å². The highest BCUT2D eigenvalue weighted by atomic mass is 32.1. The number of rotatable bonds is 1. The van der Waals surface area contributed by atoms with Gasteiger partial charge in [-0.2, -0.15) is 0 Å². The lowest BCUT2D eigenvalue weighted by Gasteiger charge is -2.26. The van der Waals surface area contributed by atoms with Gasteiger partial charge in [0.05, 0.1) is 18.1 Å². The lowest BCUT2D eigenvalue weighted by atomic mass is 10.1. The third kappa shape index (κ3) is 2.13. The fourth-order valence-electron chi connectivity index (χ4n) is 2.37. The Morgan fingerprint density at radius 1 is 1.37 bits per heavy atom. The number of amides is 1. The second-order valence-electron chi connectivity index (χ2n) is 4.57. The Morgan fingerprint density at radius 2 is 2.11 bits per heavy atom. The van der Waals surface area contributed by atoms with Crippen LogP contribution in [0.5, 0.6) is 0 Å². The van der Waals surface area contributed by atoms with E-state index in [0.29, 0.717) is 36.6 Å². The molecule has 1 aliphatic heterocycles. The highest BCUT2D eigenvalue weighted by Gasteiger charge is 2.23. The SMILES string of the molecule is Cc1c(C(=O)N2CCOCC2)sc2cccc(F)c12. The minimum absolute atomic E-state index is 0.0126. The van der Waals surface area contributed by atoms with E-state index in [1.165, 1.54) is 17.4 Å². The number of morpholine rings is 1. The van der Waals surface area contributed by atoms with Crippen molar-refractivity contribution >= 4 is 27.3 Å². The molecule has 2 aromatic rings. The van der Waals surface area contributed by atoms with Crippen LogP contribution in [-0.2, 0) is 4.74 Å². The van der Waals surface area contributed by atoms with E-state index in [0.717, 1.165) is 10.3 Å². The highest BCUT2D eigenvalue weighted by Crippen LogP contribution is 2.33. The van der Waals surface area contributed by atoms with Gasteiger partial charge >= 0.3 is 0 Å². The Balaban J connectivity index is 2.03. The first kappa shape index (κ1) is 12.6. The molecular weight excluding hydrogens is 265 g/mol. The fraction of sp³-hybridized carbons (Fsp3) is 0.357. The van der Waals surface area contributed by atoms with Crippen molar-refractivity contribution in [3.8, 4) is 0 Å². The summed E-state index contributed by atoms with van der Waals surface area (Å²) in [5.41, 5.74) is 0.745. The van der Waals surface area contributed by atoms with Crippen LogP contribution < -0.4 is 0 Å². The van der Waals surface area contributed by atoms with Gasteiger partial charge in [0.15, 0.2) is 0 Å². The monoisotopic (exact) mass is 279 g/mol. The molecule has 0 spiro atoms. The molecule has 19 heavy (non-hydrogen) atoms. The van der Waals surface area contributed by atoms with Crippen LogP contribution in [-0.4, -0.2) is 37.1 Å². The van der Waals surface area contributed by atoms with Crippen molar-refractivity contribution in [3.05, 3.63) is 34.5 Å². The zero-order chi connectivity index (χ0) is 13.4. The summed E-state index contributed by atoms with van der Waals surface area (Å²) in [7, 11) is 0. The molecule has 0 unspecified atom stereocenters. The summed E-state index contributed by atoms with van der Waals surface area (Å²) in [6.07, 6.45) is 0. The number of carbonyl (C=O) groups is 1. The molecule has 1 aromatic heterocycles. The lowest BCUT2D eigenvalue weighted by molar-refractivity contribution is 0.0306. The van der Waals surface area contributed by atoms with Crippen molar-refractivity contribution < 1.29 is 13.9 Å². The number of halogens is 1. The van der Waals surface area contributed by atoms with Crippen molar-refractivity contribution in [2.24, 2.45) is 0 Å². The molecule has 0 bridgehead atoms. The highest BCUT2D eigenvalue weighted by molar-refractivity contribution is 7.21. The molecule has 0 saturated carbocycles. The van der Waals surface area contributed by atoms with E-state index in [1.54, 1.807) is 11.0 Å². The third-order valence-electron chi connectivity index (χ3n) is 3.40. The van der Waals surface area contributed by atoms with Crippen LogP contribution in [0.3, 0.4) is 0 Å². The van der Waals surface area contributed by atoms with Gasteiger partial charge in [0.25, 0.3) is 5.91 Å². The number of ether oxygens (including phenoxy) is 1. The van der Waals surface area contributed by atoms with Crippen LogP contribution in [0.15, 0.2) is 18.2 Å². The number of aryl methyl sites for hydroxylation is 1. The zero-order valence-electron chi connectivity index (χ0n) is 10.6. The van der Waals surface area contributed by atoms with Crippen LogP contribution in [0.1, 0.15) is 15.2 Å². The number of carbonyl (C=O) groups excluding carboxylic acids is 1. The Kier molecular flexibility index (Phi) is 3.24. The molecule has 1 saturated heterocycles. The predicted molar refractivity (Wildman–Crippen MR) is 73.2 cm³/mol. The normalized spacial score (nSPS) is 16.0. The number of fused-ring (bicyclic) bond motifs is 1. The van der Waals surface area contributed by atoms with Gasteiger partial charge in [-0.05, 0) is 24.6 Å². The van der Waals surface area contributed by atoms with Crippen molar-refractivity contribution in [1.29, 1.82) is 0 Å². The summed E-state index contributed by atoms with van der Waals surface area (Å²) in [4.78, 5) is 14.9. The number of hydrogen-bond donors (Lipinski definition) is 0. The molecule has 2 heterocycles. The summed E-state index contributed by atoms with van der Waals surface area (Å²) >= 11 is 1.37. The van der Waals surface area contributed by atoms with E-state index < -0.39 is 0 Å². The molecular formula is C14H14FNO2S. The maximum absolute atomic E-state index is 13.8. The first-order valence-corrected chi connectivity index (χ1v) is 7.05. The number of hydrogen-bond acceptors (Lipinski definition) is 3. The molecule has 1 amide bonds. The van der Waals surface area contributed by atoms with E-state index in [2.05, 4.69) is 0 Å². The molecule has 0 atom stereocenters. The molecule has 1 fully saturated rings. The van der Waals surface area contributed by atoms with Gasteiger partial charge in [0, 0.05) is 23.2 Å². The van der Waals surface area contributed by atoms with Crippen LogP contribution in [0.4, 0.5) is 4.39 Å². The molecule has 5 heteroatoms. The van der Waals surface area contributed by atoms with E-state index in [9.17, 15) is 9.18 Å². The Morgan fingerprint density at radius 3 is 2.79 bits per heavy atom. The zero-order valence-corrected chi connectivity index (χ0v) is 11.4. The van der Waals surface area contributed by atoms with Crippen molar-refractivity contribution in [3.63, 3.8) is 0 Å². The molecule has 3 nitrogen and oxygen atoms in total. The van der Waals surface area contributed by atoms with Gasteiger partial charge < -0.3 is 9.64 Å². The third-order valence-corrected chi connectivity index (χ3v) is 4.64. The van der Waals surface area contributed by atoms with Crippen molar-refractivity contribution in [2.45, 2.75) is 6.92 Å². The van der Waals surface area contributed by atoms with Crippen LogP contribution in [0, 0.1) is 12.7 Å². The van der Waals surface area contributed by atoms with Gasteiger partial charge in [0.1, 0.15) is 5.82 Å². The first-order chi connectivity index (χ1) is 9.18. The largest absolute Gasteiger partial charge is 0.378 e. The van der Waals surface area contributed by atoms with Crippen LogP contribution >= 0.6 is 11.3 Å². The average molecular weight is 279 g/mol. The van der Waals surface area contributed by atoms with E-state index in [-0.39, 0.29) is 11.7 Å². The molecule has 1 aliphatic rings. The minimum atomic E-state index is -0.257. The topological polar surface area (TPSA) is 29.5 Å². The number of nitrogens with zero attached hydrogens (tertiary/aromatic N) is 1. The first-order valence-electron chi connectivity index (χ1n) is 6.23. The van der Waals surface area contributed by atoms with E-state index in [4.69, 9.17) is 4.74 Å². The maximum Gasteiger partial charge on any atom is 0.264 e. The Labute approximate surface area is 114 Å². The lowest BCUT2D eigenvalue weighted by Crippen LogP contribution is -2.40. The van der Waals surface area contributed by atoms with Gasteiger partial charge in [-0.25, -0.2) is 4.39 Å². The summed E-state index contributed by atoms with van der Waals surface area (Å²) in [5, 5.41) is 0.573. The Hall–Kier alpha value is -1.46. The Bertz CT molecular complexity index is 632. The van der Waals surface area contributed by atoms with Gasteiger partial charge in [-0.3, -0.25) is 4.79 Å². The number of thiophene rings is 1. The number of benzene rings is 1. The maximum atomic E-state index is 13.8. The second-order valence-corrected chi connectivity index (χ2v) is 5.63. The standard InChI is InChI=1S/C14H14FNO2S/c1-9-12-10(15)3-2-4-11(12)19-13(9)14(17)16-5-7-18-8-6-16/h2-4H,5-8H2,1H3. The summed E-state index contributed by atoms with van der Waals surface area (Å²) < 4.78 is 19.9. The molecule has 3 rings (SSSR count). The summed E-state index contributed by atoms with van der Waals surface area (Å²) in [6, 6.07) is 4.97. The fourth-order valence-corrected chi connectivity index (χ4v) is 3.56. The van der Waals surface area contributed by atoms with E-state index in [1.807, 2.05) is 13.0 Å². The second kappa shape index (κ2) is 4.90. The molecule has 0 aliphatic carbocycles. The quantitative estimate of drug-likeness (QED) is 0.803. The van der Waals surface area contributed by atoms with Gasteiger partial charge in [-0.15, -0.1) is 11.3 Å². The van der Waals surface area contributed by atoms with E-state index >= 15 is 0 Å². The van der Waals surface area contributed by atoms with Crippen LogP contribution in [0.25, 0.3) is 10.1 Å². The molecule has 100 valence electrons. The predicted octanol–water partition coefficient (Wildman–Crippen LogP) is 2.82. The minimum Gasteiger partial charge on any atom is -0.378 e. The van der Waals surface area contributed by atoms with Crippen molar-refractivity contribution in [1.82, 2.24) is 4.90 Å². The van der Waals surface area contributed by atoms with Gasteiger partial charge in [0.2, 0.25) is 0 Å². The molecule has 1 aromatic carbocycles. The smallest absolute Gasteiger partial charge is 0.264 e. The van der Waals surface area contributed by atoms with Crippen molar-refractivity contribution in [2.75, 3.05) is 26.3 Å². The summed E-state index contributed by atoms with van der Waals surface area (Å²) in [5.74, 6) is -0.270. The molecule has 0 radical (unpaired) electrons. The molecule has 0 N–H and O–H groups in total. The van der Waals surface area contributed by atoms with Crippen LogP contribution in [0.2, 0.25) is 0 Å². The average Bonchev–Trinajstić information content (AvgIpc) is 2.78.